The average Bonchev–Trinajstić information content (AvgIpc) is 2.81. The highest BCUT2D eigenvalue weighted by Crippen LogP contribution is 2.13. The van der Waals surface area contributed by atoms with Crippen molar-refractivity contribution in [2.45, 2.75) is 12.5 Å². The van der Waals surface area contributed by atoms with Crippen LogP contribution >= 0.6 is 12.4 Å². The summed E-state index contributed by atoms with van der Waals surface area (Å²) in [5, 5.41) is 5.90. The Bertz CT molecular complexity index is 399. The third kappa shape index (κ3) is 3.58. The van der Waals surface area contributed by atoms with E-state index in [-0.39, 0.29) is 24.3 Å². The molecule has 1 fully saturated rings. The number of anilines is 1. The summed E-state index contributed by atoms with van der Waals surface area (Å²) < 4.78 is 12.7. The van der Waals surface area contributed by atoms with Crippen molar-refractivity contribution in [3.8, 4) is 0 Å². The Balaban J connectivity index is 0.00000162. The molecule has 0 spiro atoms. The first kappa shape index (κ1) is 14.7. The van der Waals surface area contributed by atoms with Crippen molar-refractivity contribution >= 4 is 24.1 Å². The lowest BCUT2D eigenvalue weighted by molar-refractivity contribution is 0.221. The maximum absolute atomic E-state index is 12.7. The van der Waals surface area contributed by atoms with Crippen LogP contribution in [0.3, 0.4) is 0 Å². The molecule has 100 valence electrons. The summed E-state index contributed by atoms with van der Waals surface area (Å²) in [5.41, 5.74) is 0.615. The van der Waals surface area contributed by atoms with Crippen molar-refractivity contribution in [1.82, 2.24) is 10.2 Å². The van der Waals surface area contributed by atoms with Gasteiger partial charge in [0.25, 0.3) is 0 Å². The molecule has 2 N–H and O–H groups in total. The standard InChI is InChI=1S/C12H16FN3O.ClH/c1-14-11-6-7-16(8-11)12(17)15-10-4-2-9(13)3-5-10;/h2-5,11,14H,6-8H2,1H3,(H,15,17);1H/t11-;/m1./s1. The first-order valence-corrected chi connectivity index (χ1v) is 5.68. The third-order valence-corrected chi connectivity index (χ3v) is 2.98. The molecule has 0 saturated carbocycles. The van der Waals surface area contributed by atoms with Gasteiger partial charge in [-0.25, -0.2) is 9.18 Å². The quantitative estimate of drug-likeness (QED) is 0.866. The van der Waals surface area contributed by atoms with Crippen LogP contribution in [0.5, 0.6) is 0 Å². The van der Waals surface area contributed by atoms with Gasteiger partial charge in [0.2, 0.25) is 0 Å². The molecule has 1 heterocycles. The summed E-state index contributed by atoms with van der Waals surface area (Å²) in [4.78, 5) is 13.6. The van der Waals surface area contributed by atoms with Gasteiger partial charge in [-0.1, -0.05) is 0 Å². The molecule has 1 aliphatic heterocycles. The van der Waals surface area contributed by atoms with E-state index >= 15 is 0 Å². The molecule has 0 aromatic heterocycles. The van der Waals surface area contributed by atoms with Crippen LogP contribution in [-0.2, 0) is 0 Å². The van der Waals surface area contributed by atoms with Crippen LogP contribution in [0.15, 0.2) is 24.3 Å². The van der Waals surface area contributed by atoms with E-state index in [4.69, 9.17) is 0 Å². The number of carbonyl (C=O) groups excluding carboxylic acids is 1. The Labute approximate surface area is 112 Å². The van der Waals surface area contributed by atoms with E-state index in [1.165, 1.54) is 12.1 Å². The molecule has 1 aliphatic rings. The number of carbonyl (C=O) groups is 1. The second kappa shape index (κ2) is 6.56. The topological polar surface area (TPSA) is 44.4 Å². The molecule has 1 aromatic carbocycles. The molecule has 1 aromatic rings. The number of likely N-dealkylation sites (N-methyl/N-ethyl adjacent to an activating group) is 1. The van der Waals surface area contributed by atoms with Crippen molar-refractivity contribution in [1.29, 1.82) is 0 Å². The number of amides is 2. The van der Waals surface area contributed by atoms with E-state index in [0.29, 0.717) is 18.3 Å². The lowest BCUT2D eigenvalue weighted by Crippen LogP contribution is -2.36. The van der Waals surface area contributed by atoms with Crippen molar-refractivity contribution in [3.63, 3.8) is 0 Å². The average molecular weight is 274 g/mol. The molecule has 1 saturated heterocycles. The van der Waals surface area contributed by atoms with Crippen molar-refractivity contribution < 1.29 is 9.18 Å². The molecule has 6 heteroatoms. The van der Waals surface area contributed by atoms with Gasteiger partial charge in [-0.15, -0.1) is 12.4 Å². The van der Waals surface area contributed by atoms with Gasteiger partial charge in [0, 0.05) is 24.8 Å². The highest BCUT2D eigenvalue weighted by atomic mass is 35.5. The highest BCUT2D eigenvalue weighted by molar-refractivity contribution is 5.89. The molecule has 0 unspecified atom stereocenters. The number of likely N-dealkylation sites (tertiary alicyclic amines) is 1. The normalized spacial score (nSPS) is 18.3. The molecule has 1 atom stereocenters. The number of nitrogens with one attached hydrogen (secondary N) is 2. The summed E-state index contributed by atoms with van der Waals surface area (Å²) in [7, 11) is 1.89. The third-order valence-electron chi connectivity index (χ3n) is 2.98. The predicted molar refractivity (Wildman–Crippen MR) is 71.7 cm³/mol. The summed E-state index contributed by atoms with van der Waals surface area (Å²) in [6.45, 7) is 1.46. The Morgan fingerprint density at radius 1 is 1.39 bits per heavy atom. The first-order valence-electron chi connectivity index (χ1n) is 5.68. The lowest BCUT2D eigenvalue weighted by Gasteiger charge is -2.17. The smallest absolute Gasteiger partial charge is 0.321 e. The van der Waals surface area contributed by atoms with Crippen LogP contribution in [0.25, 0.3) is 0 Å². The molecular weight excluding hydrogens is 257 g/mol. The number of nitrogens with zero attached hydrogens (tertiary/aromatic N) is 1. The van der Waals surface area contributed by atoms with Gasteiger partial charge in [0.1, 0.15) is 5.82 Å². The van der Waals surface area contributed by atoms with E-state index in [0.717, 1.165) is 13.0 Å². The number of halogens is 2. The molecular formula is C12H17ClFN3O. The van der Waals surface area contributed by atoms with Crippen LogP contribution < -0.4 is 10.6 Å². The van der Waals surface area contributed by atoms with Crippen molar-refractivity contribution in [2.75, 3.05) is 25.5 Å². The minimum atomic E-state index is -0.306. The Hall–Kier alpha value is -1.33. The molecule has 2 amide bonds. The zero-order valence-corrected chi connectivity index (χ0v) is 11.0. The maximum atomic E-state index is 12.7. The number of benzene rings is 1. The largest absolute Gasteiger partial charge is 0.323 e. The lowest BCUT2D eigenvalue weighted by atomic mass is 10.3. The van der Waals surface area contributed by atoms with Crippen LogP contribution in [0.4, 0.5) is 14.9 Å². The molecule has 0 bridgehead atoms. The van der Waals surface area contributed by atoms with E-state index in [1.807, 2.05) is 7.05 Å². The van der Waals surface area contributed by atoms with Crippen LogP contribution in [0.2, 0.25) is 0 Å². The number of hydrogen-bond donors (Lipinski definition) is 2. The fourth-order valence-corrected chi connectivity index (χ4v) is 1.92. The van der Waals surface area contributed by atoms with Gasteiger partial charge >= 0.3 is 6.03 Å². The SMILES string of the molecule is CN[C@@H]1CCN(C(=O)Nc2ccc(F)cc2)C1.Cl. The zero-order chi connectivity index (χ0) is 12.3. The van der Waals surface area contributed by atoms with E-state index in [2.05, 4.69) is 10.6 Å². The Morgan fingerprint density at radius 3 is 2.61 bits per heavy atom. The summed E-state index contributed by atoms with van der Waals surface area (Å²) >= 11 is 0. The predicted octanol–water partition coefficient (Wildman–Crippen LogP) is 2.07. The van der Waals surface area contributed by atoms with Gasteiger partial charge in [0.05, 0.1) is 0 Å². The fourth-order valence-electron chi connectivity index (χ4n) is 1.92. The van der Waals surface area contributed by atoms with Crippen molar-refractivity contribution in [3.05, 3.63) is 30.1 Å². The van der Waals surface area contributed by atoms with Crippen LogP contribution in [-0.4, -0.2) is 37.1 Å². The summed E-state index contributed by atoms with van der Waals surface area (Å²) in [6.07, 6.45) is 0.966. The Kier molecular flexibility index (Phi) is 5.37. The number of urea groups is 1. The summed E-state index contributed by atoms with van der Waals surface area (Å²) in [6, 6.07) is 6.01. The van der Waals surface area contributed by atoms with Gasteiger partial charge in [0.15, 0.2) is 0 Å². The number of hydrogen-bond acceptors (Lipinski definition) is 2. The second-order valence-corrected chi connectivity index (χ2v) is 4.16. The molecule has 18 heavy (non-hydrogen) atoms. The molecule has 2 rings (SSSR count). The molecule has 0 radical (unpaired) electrons. The minimum Gasteiger partial charge on any atom is -0.323 e. The van der Waals surface area contributed by atoms with Gasteiger partial charge in [-0.05, 0) is 37.7 Å². The fraction of sp³-hybridized carbons (Fsp3) is 0.417. The Morgan fingerprint density at radius 2 is 2.06 bits per heavy atom. The van der Waals surface area contributed by atoms with Gasteiger partial charge in [-0.3, -0.25) is 0 Å². The van der Waals surface area contributed by atoms with Gasteiger partial charge in [-0.2, -0.15) is 0 Å². The van der Waals surface area contributed by atoms with E-state index < -0.39 is 0 Å². The van der Waals surface area contributed by atoms with E-state index in [1.54, 1.807) is 17.0 Å². The summed E-state index contributed by atoms with van der Waals surface area (Å²) in [5.74, 6) is -0.306. The van der Waals surface area contributed by atoms with E-state index in [9.17, 15) is 9.18 Å². The highest BCUT2D eigenvalue weighted by Gasteiger charge is 2.24. The zero-order valence-electron chi connectivity index (χ0n) is 10.1. The van der Waals surface area contributed by atoms with Crippen LogP contribution in [0, 0.1) is 5.82 Å². The first-order chi connectivity index (χ1) is 8.19. The monoisotopic (exact) mass is 273 g/mol. The number of rotatable bonds is 2. The minimum absolute atomic E-state index is 0. The molecule has 4 nitrogen and oxygen atoms in total. The van der Waals surface area contributed by atoms with Crippen LogP contribution in [0.1, 0.15) is 6.42 Å². The maximum Gasteiger partial charge on any atom is 0.321 e. The van der Waals surface area contributed by atoms with Crippen molar-refractivity contribution in [2.24, 2.45) is 0 Å². The second-order valence-electron chi connectivity index (χ2n) is 4.16. The molecule has 0 aliphatic carbocycles. The van der Waals surface area contributed by atoms with Gasteiger partial charge < -0.3 is 15.5 Å².